The third-order valence-corrected chi connectivity index (χ3v) is 3.79. The van der Waals surface area contributed by atoms with Gasteiger partial charge in [0.1, 0.15) is 0 Å². The molecule has 1 heterocycles. The largest absolute Gasteiger partial charge is 0.353 e. The molecule has 14 heavy (non-hydrogen) atoms. The Balaban J connectivity index is 1.55. The molecule has 3 unspecified atom stereocenters. The van der Waals surface area contributed by atoms with Crippen LogP contribution in [0.1, 0.15) is 32.1 Å². The molecule has 0 radical (unpaired) electrons. The standard InChI is InChI=1S/C11H18N2O/c14-11(8-1-2-8)13-10-4-7-3-9(5-10)12-6-7/h7-10,12H,1-6H2,(H,13,14). The smallest absolute Gasteiger partial charge is 0.223 e. The van der Waals surface area contributed by atoms with E-state index < -0.39 is 0 Å². The minimum atomic E-state index is 0.316. The Bertz CT molecular complexity index is 238. The van der Waals surface area contributed by atoms with Gasteiger partial charge in [-0.1, -0.05) is 0 Å². The van der Waals surface area contributed by atoms with Crippen molar-refractivity contribution in [2.45, 2.75) is 44.2 Å². The molecule has 0 spiro atoms. The highest BCUT2D eigenvalue weighted by Crippen LogP contribution is 2.32. The summed E-state index contributed by atoms with van der Waals surface area (Å²) in [4.78, 5) is 11.6. The van der Waals surface area contributed by atoms with Crippen LogP contribution in [-0.4, -0.2) is 24.5 Å². The van der Waals surface area contributed by atoms with Gasteiger partial charge in [-0.25, -0.2) is 0 Å². The molecule has 1 saturated heterocycles. The van der Waals surface area contributed by atoms with E-state index in [0.29, 0.717) is 23.9 Å². The quantitative estimate of drug-likeness (QED) is 0.678. The maximum absolute atomic E-state index is 11.6. The van der Waals surface area contributed by atoms with Crippen molar-refractivity contribution >= 4 is 5.91 Å². The molecule has 2 aliphatic carbocycles. The molecule has 3 nitrogen and oxygen atoms in total. The van der Waals surface area contributed by atoms with Gasteiger partial charge in [-0.05, 0) is 44.6 Å². The molecule has 0 aromatic rings. The van der Waals surface area contributed by atoms with Crippen LogP contribution in [0.5, 0.6) is 0 Å². The molecule has 3 fully saturated rings. The van der Waals surface area contributed by atoms with Crippen molar-refractivity contribution in [2.24, 2.45) is 11.8 Å². The van der Waals surface area contributed by atoms with Gasteiger partial charge in [-0.15, -0.1) is 0 Å². The van der Waals surface area contributed by atoms with Crippen molar-refractivity contribution in [1.82, 2.24) is 10.6 Å². The van der Waals surface area contributed by atoms with E-state index in [1.165, 1.54) is 19.4 Å². The third-order valence-electron chi connectivity index (χ3n) is 3.79. The van der Waals surface area contributed by atoms with Gasteiger partial charge in [0.2, 0.25) is 5.91 Å². The summed E-state index contributed by atoms with van der Waals surface area (Å²) in [7, 11) is 0. The monoisotopic (exact) mass is 194 g/mol. The fourth-order valence-corrected chi connectivity index (χ4v) is 2.89. The molecular weight excluding hydrogens is 176 g/mol. The molecule has 2 bridgehead atoms. The summed E-state index contributed by atoms with van der Waals surface area (Å²) in [5.41, 5.74) is 0. The van der Waals surface area contributed by atoms with Crippen LogP contribution in [0.15, 0.2) is 0 Å². The number of hydrogen-bond acceptors (Lipinski definition) is 2. The van der Waals surface area contributed by atoms with Gasteiger partial charge in [0.15, 0.2) is 0 Å². The first-order chi connectivity index (χ1) is 6.81. The highest BCUT2D eigenvalue weighted by molar-refractivity contribution is 5.81. The van der Waals surface area contributed by atoms with Crippen molar-refractivity contribution < 1.29 is 4.79 Å². The molecule has 3 atom stereocenters. The van der Waals surface area contributed by atoms with Crippen molar-refractivity contribution in [3.05, 3.63) is 0 Å². The normalized spacial score (nSPS) is 41.0. The fraction of sp³-hybridized carbons (Fsp3) is 0.909. The molecule has 2 saturated carbocycles. The first kappa shape index (κ1) is 8.72. The van der Waals surface area contributed by atoms with E-state index in [-0.39, 0.29) is 0 Å². The van der Waals surface area contributed by atoms with Crippen LogP contribution in [0.3, 0.4) is 0 Å². The van der Waals surface area contributed by atoms with E-state index >= 15 is 0 Å². The Morgan fingerprint density at radius 2 is 2.07 bits per heavy atom. The zero-order valence-corrected chi connectivity index (χ0v) is 8.46. The molecule has 3 heteroatoms. The average Bonchev–Trinajstić information content (AvgIpc) is 2.94. The van der Waals surface area contributed by atoms with Crippen LogP contribution in [-0.2, 0) is 4.79 Å². The fourth-order valence-electron chi connectivity index (χ4n) is 2.89. The summed E-state index contributed by atoms with van der Waals surface area (Å²) in [5.74, 6) is 1.50. The number of carbonyl (C=O) groups is 1. The third kappa shape index (κ3) is 1.65. The minimum absolute atomic E-state index is 0.316. The Hall–Kier alpha value is -0.570. The van der Waals surface area contributed by atoms with E-state index in [0.717, 1.165) is 25.2 Å². The lowest BCUT2D eigenvalue weighted by atomic mass is 9.86. The Morgan fingerprint density at radius 1 is 1.21 bits per heavy atom. The van der Waals surface area contributed by atoms with Crippen LogP contribution >= 0.6 is 0 Å². The Morgan fingerprint density at radius 3 is 2.79 bits per heavy atom. The predicted octanol–water partition coefficient (Wildman–Crippen LogP) is 0.653. The number of carbonyl (C=O) groups excluding carboxylic acids is 1. The Labute approximate surface area is 84.6 Å². The lowest BCUT2D eigenvalue weighted by molar-refractivity contribution is -0.123. The highest BCUT2D eigenvalue weighted by atomic mass is 16.2. The second-order valence-electron chi connectivity index (χ2n) is 5.16. The van der Waals surface area contributed by atoms with Crippen LogP contribution in [0.4, 0.5) is 0 Å². The van der Waals surface area contributed by atoms with Gasteiger partial charge >= 0.3 is 0 Å². The van der Waals surface area contributed by atoms with E-state index in [4.69, 9.17) is 0 Å². The molecule has 0 aromatic heterocycles. The molecule has 2 N–H and O–H groups in total. The zero-order chi connectivity index (χ0) is 9.54. The summed E-state index contributed by atoms with van der Waals surface area (Å²) in [6.07, 6.45) is 5.90. The summed E-state index contributed by atoms with van der Waals surface area (Å²) >= 11 is 0. The van der Waals surface area contributed by atoms with Gasteiger partial charge in [0.25, 0.3) is 0 Å². The van der Waals surface area contributed by atoms with Gasteiger partial charge in [-0.3, -0.25) is 4.79 Å². The van der Waals surface area contributed by atoms with Crippen molar-refractivity contribution in [3.8, 4) is 0 Å². The first-order valence-electron chi connectivity index (χ1n) is 5.85. The van der Waals surface area contributed by atoms with E-state index in [9.17, 15) is 4.79 Å². The van der Waals surface area contributed by atoms with Crippen LogP contribution in [0.25, 0.3) is 0 Å². The maximum Gasteiger partial charge on any atom is 0.223 e. The number of fused-ring (bicyclic) bond motifs is 2. The van der Waals surface area contributed by atoms with E-state index in [1.54, 1.807) is 0 Å². The highest BCUT2D eigenvalue weighted by Gasteiger charge is 2.36. The number of amides is 1. The molecule has 1 aliphatic heterocycles. The van der Waals surface area contributed by atoms with Crippen molar-refractivity contribution in [3.63, 3.8) is 0 Å². The molecule has 3 aliphatic rings. The summed E-state index contributed by atoms with van der Waals surface area (Å²) in [6.45, 7) is 1.17. The van der Waals surface area contributed by atoms with Crippen LogP contribution < -0.4 is 10.6 Å². The van der Waals surface area contributed by atoms with E-state index in [1.807, 2.05) is 0 Å². The van der Waals surface area contributed by atoms with Gasteiger partial charge in [0.05, 0.1) is 0 Å². The number of hydrogen-bond donors (Lipinski definition) is 2. The zero-order valence-electron chi connectivity index (χ0n) is 8.46. The molecule has 1 amide bonds. The average molecular weight is 194 g/mol. The Kier molecular flexibility index (Phi) is 2.01. The molecule has 0 aromatic carbocycles. The maximum atomic E-state index is 11.6. The lowest BCUT2D eigenvalue weighted by Crippen LogP contribution is -2.41. The predicted molar refractivity (Wildman–Crippen MR) is 53.8 cm³/mol. The minimum Gasteiger partial charge on any atom is -0.353 e. The topological polar surface area (TPSA) is 41.1 Å². The second kappa shape index (κ2) is 3.23. The lowest BCUT2D eigenvalue weighted by Gasteiger charge is -2.27. The molecule has 3 rings (SSSR count). The summed E-state index contributed by atoms with van der Waals surface area (Å²) in [6, 6.07) is 1.14. The van der Waals surface area contributed by atoms with Crippen LogP contribution in [0, 0.1) is 11.8 Å². The van der Waals surface area contributed by atoms with Gasteiger partial charge < -0.3 is 10.6 Å². The molecular formula is C11H18N2O. The van der Waals surface area contributed by atoms with E-state index in [2.05, 4.69) is 10.6 Å². The van der Waals surface area contributed by atoms with Gasteiger partial charge in [-0.2, -0.15) is 0 Å². The summed E-state index contributed by atoms with van der Waals surface area (Å²) in [5, 5.41) is 6.72. The summed E-state index contributed by atoms with van der Waals surface area (Å²) < 4.78 is 0. The number of nitrogens with one attached hydrogen (secondary N) is 2. The second-order valence-corrected chi connectivity index (χ2v) is 5.16. The van der Waals surface area contributed by atoms with Crippen molar-refractivity contribution in [1.29, 1.82) is 0 Å². The SMILES string of the molecule is O=C(NC1CC2CNC(C2)C1)C1CC1. The molecule has 78 valence electrons. The van der Waals surface area contributed by atoms with Crippen LogP contribution in [0.2, 0.25) is 0 Å². The first-order valence-corrected chi connectivity index (χ1v) is 5.85. The number of rotatable bonds is 2. The van der Waals surface area contributed by atoms with Gasteiger partial charge in [0, 0.05) is 18.0 Å². The van der Waals surface area contributed by atoms with Crippen molar-refractivity contribution in [2.75, 3.05) is 6.54 Å².